The van der Waals surface area contributed by atoms with Crippen LogP contribution < -0.4 is 5.32 Å². The van der Waals surface area contributed by atoms with E-state index in [1.807, 2.05) is 0 Å². The van der Waals surface area contributed by atoms with Crippen molar-refractivity contribution in [1.82, 2.24) is 4.98 Å². The zero-order chi connectivity index (χ0) is 13.2. The Balaban J connectivity index is 3.32. The molecule has 0 saturated heterocycles. The molecule has 1 aromatic rings. The molecule has 7 heteroatoms. The highest BCUT2D eigenvalue weighted by molar-refractivity contribution is 6.34. The molecule has 0 spiro atoms. The first kappa shape index (κ1) is 13.8. The molecule has 1 amide bonds. The number of hydrogen-bond acceptors (Lipinski definition) is 2. The number of amides is 1. The SMILES string of the molecule is CCc1c(C(F)(F)F)cnc(NC(C)=O)c1Cl. The van der Waals surface area contributed by atoms with Crippen LogP contribution in [0.2, 0.25) is 5.02 Å². The predicted molar refractivity (Wildman–Crippen MR) is 57.9 cm³/mol. The molecule has 0 aliphatic rings. The zero-order valence-corrected chi connectivity index (χ0v) is 9.91. The summed E-state index contributed by atoms with van der Waals surface area (Å²) in [6.07, 6.45) is -3.73. The Morgan fingerprint density at radius 1 is 1.53 bits per heavy atom. The van der Waals surface area contributed by atoms with Crippen molar-refractivity contribution >= 4 is 23.3 Å². The lowest BCUT2D eigenvalue weighted by Gasteiger charge is -2.14. The highest BCUT2D eigenvalue weighted by Gasteiger charge is 2.35. The number of nitrogens with zero attached hydrogens (tertiary/aromatic N) is 1. The standard InChI is InChI=1S/C10H10ClF3N2O/c1-3-6-7(10(12,13)14)4-15-9(8(6)11)16-5(2)17/h4H,3H2,1-2H3,(H,15,16,17). The largest absolute Gasteiger partial charge is 0.418 e. The first-order valence-electron chi connectivity index (χ1n) is 4.79. The van der Waals surface area contributed by atoms with Gasteiger partial charge < -0.3 is 5.32 Å². The molecule has 1 N–H and O–H groups in total. The van der Waals surface area contributed by atoms with Gasteiger partial charge in [0, 0.05) is 13.1 Å². The third kappa shape index (κ3) is 3.09. The van der Waals surface area contributed by atoms with Gasteiger partial charge in [-0.25, -0.2) is 4.98 Å². The van der Waals surface area contributed by atoms with Crippen LogP contribution in [0, 0.1) is 0 Å². The molecule has 0 radical (unpaired) electrons. The van der Waals surface area contributed by atoms with E-state index >= 15 is 0 Å². The van der Waals surface area contributed by atoms with Gasteiger partial charge in [-0.2, -0.15) is 13.2 Å². The lowest BCUT2D eigenvalue weighted by Crippen LogP contribution is -2.14. The summed E-state index contributed by atoms with van der Waals surface area (Å²) in [5.74, 6) is -0.495. The lowest BCUT2D eigenvalue weighted by molar-refractivity contribution is -0.138. The number of alkyl halides is 3. The summed E-state index contributed by atoms with van der Waals surface area (Å²) in [4.78, 5) is 14.3. The first-order valence-corrected chi connectivity index (χ1v) is 5.17. The molecular weight excluding hydrogens is 257 g/mol. The number of hydrogen-bond donors (Lipinski definition) is 1. The van der Waals surface area contributed by atoms with Crippen LogP contribution in [0.25, 0.3) is 0 Å². The molecule has 0 fully saturated rings. The fourth-order valence-electron chi connectivity index (χ4n) is 1.37. The Bertz CT molecular complexity index is 446. The smallest absolute Gasteiger partial charge is 0.310 e. The minimum Gasteiger partial charge on any atom is -0.310 e. The second kappa shape index (κ2) is 4.91. The Morgan fingerprint density at radius 3 is 2.53 bits per heavy atom. The molecule has 0 saturated carbocycles. The van der Waals surface area contributed by atoms with Gasteiger partial charge in [0.05, 0.1) is 10.6 Å². The molecule has 0 aromatic carbocycles. The topological polar surface area (TPSA) is 42.0 Å². The van der Waals surface area contributed by atoms with Crippen LogP contribution >= 0.6 is 11.6 Å². The minimum atomic E-state index is -4.50. The Kier molecular flexibility index (Phi) is 3.98. The summed E-state index contributed by atoms with van der Waals surface area (Å²) in [7, 11) is 0. The third-order valence-corrected chi connectivity index (χ3v) is 2.48. The number of rotatable bonds is 2. The number of halogens is 4. The molecule has 0 atom stereocenters. The van der Waals surface area contributed by atoms with Gasteiger partial charge in [-0.15, -0.1) is 0 Å². The Morgan fingerprint density at radius 2 is 2.12 bits per heavy atom. The van der Waals surface area contributed by atoms with Crippen molar-refractivity contribution in [3.05, 3.63) is 22.3 Å². The maximum atomic E-state index is 12.6. The summed E-state index contributed by atoms with van der Waals surface area (Å²) in [6, 6.07) is 0. The first-order chi connectivity index (χ1) is 7.77. The number of aromatic nitrogens is 1. The van der Waals surface area contributed by atoms with Crippen LogP contribution in [0.4, 0.5) is 19.0 Å². The average molecular weight is 267 g/mol. The molecule has 1 rings (SSSR count). The number of anilines is 1. The van der Waals surface area contributed by atoms with E-state index in [0.717, 1.165) is 0 Å². The maximum Gasteiger partial charge on any atom is 0.418 e. The van der Waals surface area contributed by atoms with E-state index in [0.29, 0.717) is 6.20 Å². The second-order valence-corrected chi connectivity index (χ2v) is 3.72. The molecule has 0 unspecified atom stereocenters. The normalized spacial score (nSPS) is 11.4. The monoisotopic (exact) mass is 266 g/mol. The van der Waals surface area contributed by atoms with Gasteiger partial charge in [0.1, 0.15) is 0 Å². The second-order valence-electron chi connectivity index (χ2n) is 3.35. The van der Waals surface area contributed by atoms with Crippen molar-refractivity contribution in [3.8, 4) is 0 Å². The molecule has 3 nitrogen and oxygen atoms in total. The van der Waals surface area contributed by atoms with Gasteiger partial charge in [0.15, 0.2) is 5.82 Å². The number of pyridine rings is 1. The summed E-state index contributed by atoms with van der Waals surface area (Å²) in [5.41, 5.74) is -0.947. The van der Waals surface area contributed by atoms with E-state index in [4.69, 9.17) is 11.6 Å². The van der Waals surface area contributed by atoms with Crippen LogP contribution in [0.15, 0.2) is 6.20 Å². The van der Waals surface area contributed by atoms with Crippen molar-refractivity contribution in [2.75, 3.05) is 5.32 Å². The van der Waals surface area contributed by atoms with E-state index in [1.165, 1.54) is 6.92 Å². The zero-order valence-electron chi connectivity index (χ0n) is 9.15. The molecule has 0 aliphatic carbocycles. The molecule has 94 valence electrons. The van der Waals surface area contributed by atoms with Gasteiger partial charge >= 0.3 is 6.18 Å². The maximum absolute atomic E-state index is 12.6. The van der Waals surface area contributed by atoms with E-state index in [2.05, 4.69) is 10.3 Å². The molecule has 1 heterocycles. The molecule has 17 heavy (non-hydrogen) atoms. The fourth-order valence-corrected chi connectivity index (χ4v) is 1.70. The Hall–Kier alpha value is -1.30. The van der Waals surface area contributed by atoms with Crippen LogP contribution in [-0.2, 0) is 17.4 Å². The summed E-state index contributed by atoms with van der Waals surface area (Å²) in [6.45, 7) is 2.77. The van der Waals surface area contributed by atoms with Crippen LogP contribution in [-0.4, -0.2) is 10.9 Å². The number of nitrogens with one attached hydrogen (secondary N) is 1. The lowest BCUT2D eigenvalue weighted by atomic mass is 10.1. The number of carbonyl (C=O) groups is 1. The third-order valence-electron chi connectivity index (χ3n) is 2.07. The van der Waals surface area contributed by atoms with Gasteiger partial charge in [0.2, 0.25) is 5.91 Å². The Labute approximate surface area is 101 Å². The minimum absolute atomic E-state index is 0.0518. The summed E-state index contributed by atoms with van der Waals surface area (Å²) in [5, 5.41) is 2.11. The molecular formula is C10H10ClF3N2O. The van der Waals surface area contributed by atoms with Gasteiger partial charge in [-0.05, 0) is 12.0 Å². The number of carbonyl (C=O) groups excluding carboxylic acids is 1. The summed E-state index contributed by atoms with van der Waals surface area (Å²) < 4.78 is 37.9. The molecule has 1 aromatic heterocycles. The summed E-state index contributed by atoms with van der Waals surface area (Å²) >= 11 is 5.79. The fraction of sp³-hybridized carbons (Fsp3) is 0.400. The van der Waals surface area contributed by atoms with Crippen molar-refractivity contribution in [3.63, 3.8) is 0 Å². The van der Waals surface area contributed by atoms with E-state index in [1.54, 1.807) is 6.92 Å². The highest BCUT2D eigenvalue weighted by atomic mass is 35.5. The van der Waals surface area contributed by atoms with Crippen molar-refractivity contribution < 1.29 is 18.0 Å². The average Bonchev–Trinajstić information content (AvgIpc) is 2.18. The highest BCUT2D eigenvalue weighted by Crippen LogP contribution is 2.37. The predicted octanol–water partition coefficient (Wildman–Crippen LogP) is 3.27. The van der Waals surface area contributed by atoms with Crippen LogP contribution in [0.1, 0.15) is 25.0 Å². The van der Waals surface area contributed by atoms with Crippen LogP contribution in [0.5, 0.6) is 0 Å². The van der Waals surface area contributed by atoms with Gasteiger partial charge in [0.25, 0.3) is 0 Å². The quantitative estimate of drug-likeness (QED) is 0.893. The van der Waals surface area contributed by atoms with Crippen molar-refractivity contribution in [1.29, 1.82) is 0 Å². The van der Waals surface area contributed by atoms with Crippen LogP contribution in [0.3, 0.4) is 0 Å². The molecule has 0 aliphatic heterocycles. The van der Waals surface area contributed by atoms with Gasteiger partial charge in [-0.1, -0.05) is 18.5 Å². The van der Waals surface area contributed by atoms with Crippen molar-refractivity contribution in [2.45, 2.75) is 26.4 Å². The van der Waals surface area contributed by atoms with Crippen molar-refractivity contribution in [2.24, 2.45) is 0 Å². The van der Waals surface area contributed by atoms with E-state index in [9.17, 15) is 18.0 Å². The van der Waals surface area contributed by atoms with E-state index < -0.39 is 17.6 Å². The van der Waals surface area contributed by atoms with Gasteiger partial charge in [-0.3, -0.25) is 4.79 Å². The molecule has 0 bridgehead atoms. The van der Waals surface area contributed by atoms with E-state index in [-0.39, 0.29) is 22.8 Å².